The molecule has 1 aliphatic heterocycles. The van der Waals surface area contributed by atoms with Gasteiger partial charge in [0, 0.05) is 18.2 Å². The molecule has 1 amide bonds. The second-order valence-corrected chi connectivity index (χ2v) is 6.05. The molecule has 1 aromatic rings. The van der Waals surface area contributed by atoms with Crippen LogP contribution in [0.5, 0.6) is 5.75 Å². The number of hydrogen-bond acceptors (Lipinski definition) is 4. The molecule has 0 fully saturated rings. The molecule has 118 valence electrons. The van der Waals surface area contributed by atoms with Crippen LogP contribution in [-0.4, -0.2) is 40.8 Å². The molecule has 1 aromatic carbocycles. The van der Waals surface area contributed by atoms with E-state index in [0.717, 1.165) is 0 Å². The minimum Gasteiger partial charge on any atom is -0.486 e. The quantitative estimate of drug-likeness (QED) is 0.678. The zero-order valence-electron chi connectivity index (χ0n) is 13.0. The van der Waals surface area contributed by atoms with Crippen LogP contribution < -0.4 is 4.74 Å². The third-order valence-corrected chi connectivity index (χ3v) is 4.04. The van der Waals surface area contributed by atoms with Crippen LogP contribution in [0.1, 0.15) is 42.7 Å². The van der Waals surface area contributed by atoms with E-state index in [2.05, 4.69) is 0 Å². The van der Waals surface area contributed by atoms with Crippen molar-refractivity contribution in [3.05, 3.63) is 29.3 Å². The Morgan fingerprint density at radius 3 is 2.50 bits per heavy atom. The first kappa shape index (κ1) is 16.0. The van der Waals surface area contributed by atoms with Gasteiger partial charge in [-0.3, -0.25) is 14.4 Å². The highest BCUT2D eigenvalue weighted by atomic mass is 16.5. The summed E-state index contributed by atoms with van der Waals surface area (Å²) in [7, 11) is 1.53. The maximum Gasteiger partial charge on any atom is 0.313 e. The van der Waals surface area contributed by atoms with Crippen molar-refractivity contribution in [2.75, 3.05) is 7.05 Å². The van der Waals surface area contributed by atoms with Gasteiger partial charge in [-0.25, -0.2) is 0 Å². The lowest BCUT2D eigenvalue weighted by Gasteiger charge is -2.45. The van der Waals surface area contributed by atoms with Gasteiger partial charge in [-0.1, -0.05) is 0 Å². The molecular formula is C16H19NO5. The summed E-state index contributed by atoms with van der Waals surface area (Å²) in [5.74, 6) is -1.64. The Hall–Kier alpha value is -2.37. The topological polar surface area (TPSA) is 83.9 Å². The number of carbonyl (C=O) groups is 3. The van der Waals surface area contributed by atoms with Crippen LogP contribution in [0.4, 0.5) is 0 Å². The smallest absolute Gasteiger partial charge is 0.313 e. The predicted molar refractivity (Wildman–Crippen MR) is 78.8 cm³/mol. The standard InChI is InChI=1S/C16H19NO5/c1-9(19)10-5-6-12-11(7-10)14(17(4)8-18)13(15(20)21)16(2,3)22-12/h5-8,13-14H,1-4H3,(H,20,21). The van der Waals surface area contributed by atoms with Crippen molar-refractivity contribution in [3.63, 3.8) is 0 Å². The molecule has 0 saturated heterocycles. The van der Waals surface area contributed by atoms with Gasteiger partial charge in [0.05, 0.1) is 6.04 Å². The molecule has 1 heterocycles. The van der Waals surface area contributed by atoms with E-state index in [9.17, 15) is 19.5 Å². The minimum atomic E-state index is -1.05. The summed E-state index contributed by atoms with van der Waals surface area (Å²) in [5, 5.41) is 9.60. The average Bonchev–Trinajstić information content (AvgIpc) is 2.42. The van der Waals surface area contributed by atoms with Gasteiger partial charge in [-0.2, -0.15) is 0 Å². The van der Waals surface area contributed by atoms with Gasteiger partial charge in [-0.15, -0.1) is 0 Å². The number of rotatable bonds is 4. The first-order chi connectivity index (χ1) is 10.2. The van der Waals surface area contributed by atoms with Crippen molar-refractivity contribution >= 4 is 18.2 Å². The van der Waals surface area contributed by atoms with Crippen molar-refractivity contribution in [1.82, 2.24) is 4.90 Å². The van der Waals surface area contributed by atoms with Crippen LogP contribution in [-0.2, 0) is 9.59 Å². The third kappa shape index (κ3) is 2.56. The molecule has 22 heavy (non-hydrogen) atoms. The molecule has 2 atom stereocenters. The lowest BCUT2D eigenvalue weighted by atomic mass is 9.77. The number of carbonyl (C=O) groups excluding carboxylic acids is 2. The first-order valence-electron chi connectivity index (χ1n) is 6.93. The van der Waals surface area contributed by atoms with E-state index in [1.807, 2.05) is 0 Å². The van der Waals surface area contributed by atoms with Crippen LogP contribution >= 0.6 is 0 Å². The number of carboxylic acids is 1. The zero-order valence-corrected chi connectivity index (χ0v) is 13.0. The number of fused-ring (bicyclic) bond motifs is 1. The van der Waals surface area contributed by atoms with E-state index >= 15 is 0 Å². The molecule has 6 heteroatoms. The number of ether oxygens (including phenoxy) is 1. The van der Waals surface area contributed by atoms with Crippen molar-refractivity contribution in [2.24, 2.45) is 5.92 Å². The molecule has 6 nitrogen and oxygen atoms in total. The Morgan fingerprint density at radius 1 is 1.36 bits per heavy atom. The summed E-state index contributed by atoms with van der Waals surface area (Å²) in [5.41, 5.74) is 0.00271. The van der Waals surface area contributed by atoms with Crippen LogP contribution in [0.25, 0.3) is 0 Å². The SMILES string of the molecule is CC(=O)c1ccc2c(c1)C(N(C)C=O)C(C(=O)O)C(C)(C)O2. The number of aliphatic carboxylic acids is 1. The van der Waals surface area contributed by atoms with Gasteiger partial charge >= 0.3 is 5.97 Å². The lowest BCUT2D eigenvalue weighted by Crippen LogP contribution is -2.52. The Balaban J connectivity index is 2.68. The second-order valence-electron chi connectivity index (χ2n) is 6.05. The molecule has 0 radical (unpaired) electrons. The number of hydrogen-bond donors (Lipinski definition) is 1. The van der Waals surface area contributed by atoms with E-state index in [1.54, 1.807) is 32.0 Å². The van der Waals surface area contributed by atoms with Crippen LogP contribution in [0.3, 0.4) is 0 Å². The molecule has 1 N–H and O–H groups in total. The van der Waals surface area contributed by atoms with Crippen molar-refractivity contribution in [1.29, 1.82) is 0 Å². The highest BCUT2D eigenvalue weighted by Crippen LogP contribution is 2.46. The number of carboxylic acid groups (broad SMARTS) is 1. The highest BCUT2D eigenvalue weighted by molar-refractivity contribution is 5.94. The van der Waals surface area contributed by atoms with Gasteiger partial charge in [0.25, 0.3) is 0 Å². The monoisotopic (exact) mass is 305 g/mol. The number of amides is 1. The van der Waals surface area contributed by atoms with Gasteiger partial charge in [0.1, 0.15) is 17.3 Å². The normalized spacial score (nSPS) is 22.2. The molecule has 0 bridgehead atoms. The molecule has 1 aliphatic rings. The highest BCUT2D eigenvalue weighted by Gasteiger charge is 2.49. The van der Waals surface area contributed by atoms with E-state index in [-0.39, 0.29) is 5.78 Å². The molecule has 2 unspecified atom stereocenters. The predicted octanol–water partition coefficient (Wildman–Crippen LogP) is 1.89. The average molecular weight is 305 g/mol. The Labute approximate surface area is 128 Å². The summed E-state index contributed by atoms with van der Waals surface area (Å²) in [6.07, 6.45) is 0.590. The molecule has 0 spiro atoms. The fraction of sp³-hybridized carbons (Fsp3) is 0.438. The molecule has 2 rings (SSSR count). The van der Waals surface area contributed by atoms with Crippen LogP contribution in [0.2, 0.25) is 0 Å². The van der Waals surface area contributed by atoms with Crippen LogP contribution in [0, 0.1) is 5.92 Å². The molecule has 0 saturated carbocycles. The number of Topliss-reactive ketones (excluding diaryl/α,β-unsaturated/α-hetero) is 1. The van der Waals surface area contributed by atoms with Crippen molar-refractivity contribution in [2.45, 2.75) is 32.4 Å². The Kier molecular flexibility index (Phi) is 3.96. The number of nitrogens with zero attached hydrogens (tertiary/aromatic N) is 1. The minimum absolute atomic E-state index is 0.132. The molecule has 0 aromatic heterocycles. The zero-order chi connectivity index (χ0) is 16.7. The van der Waals surface area contributed by atoms with E-state index in [4.69, 9.17) is 4.74 Å². The Bertz CT molecular complexity index is 637. The maximum atomic E-state index is 11.7. The van der Waals surface area contributed by atoms with Gasteiger partial charge < -0.3 is 14.7 Å². The molecule has 0 aliphatic carbocycles. The summed E-state index contributed by atoms with van der Waals surface area (Å²) >= 11 is 0. The van der Waals surface area contributed by atoms with Crippen molar-refractivity contribution in [3.8, 4) is 5.75 Å². The lowest BCUT2D eigenvalue weighted by molar-refractivity contribution is -0.156. The molecular weight excluding hydrogens is 286 g/mol. The second kappa shape index (κ2) is 5.44. The van der Waals surface area contributed by atoms with E-state index < -0.39 is 23.5 Å². The third-order valence-electron chi connectivity index (χ3n) is 4.04. The maximum absolute atomic E-state index is 11.7. The fourth-order valence-electron chi connectivity index (χ4n) is 2.95. The number of benzene rings is 1. The van der Waals surface area contributed by atoms with Crippen molar-refractivity contribution < 1.29 is 24.2 Å². The largest absolute Gasteiger partial charge is 0.486 e. The van der Waals surface area contributed by atoms with E-state index in [1.165, 1.54) is 18.9 Å². The Morgan fingerprint density at radius 2 is 2.00 bits per heavy atom. The fourth-order valence-corrected chi connectivity index (χ4v) is 2.95. The summed E-state index contributed by atoms with van der Waals surface area (Å²) in [4.78, 5) is 35.9. The van der Waals surface area contributed by atoms with Gasteiger partial charge in [0.15, 0.2) is 5.78 Å². The van der Waals surface area contributed by atoms with Gasteiger partial charge in [-0.05, 0) is 39.0 Å². The van der Waals surface area contributed by atoms with Gasteiger partial charge in [0.2, 0.25) is 6.41 Å². The van der Waals surface area contributed by atoms with E-state index in [0.29, 0.717) is 23.3 Å². The summed E-state index contributed by atoms with van der Waals surface area (Å²) in [6, 6.07) is 4.19. The van der Waals surface area contributed by atoms with Crippen LogP contribution in [0.15, 0.2) is 18.2 Å². The summed E-state index contributed by atoms with van der Waals surface area (Å²) < 4.78 is 5.82. The summed E-state index contributed by atoms with van der Waals surface area (Å²) in [6.45, 7) is 4.79. The number of ketones is 1. The first-order valence-corrected chi connectivity index (χ1v) is 6.93.